The third-order valence-electron chi connectivity index (χ3n) is 2.27. The molecule has 0 heterocycles. The van der Waals surface area contributed by atoms with Crippen LogP contribution >= 0.6 is 0 Å². The zero-order chi connectivity index (χ0) is 8.27. The first-order chi connectivity index (χ1) is 5.25. The SMILES string of the molecule is C=C(C)[C@@H]1CC[C@H]1OCCO. The van der Waals surface area contributed by atoms with Crippen LogP contribution in [0.1, 0.15) is 19.8 Å². The predicted molar refractivity (Wildman–Crippen MR) is 44.4 cm³/mol. The zero-order valence-corrected chi connectivity index (χ0v) is 7.05. The van der Waals surface area contributed by atoms with E-state index in [0.29, 0.717) is 18.6 Å². The van der Waals surface area contributed by atoms with Gasteiger partial charge in [0.2, 0.25) is 0 Å². The fourth-order valence-corrected chi connectivity index (χ4v) is 1.44. The van der Waals surface area contributed by atoms with Crippen LogP contribution in [-0.2, 0) is 4.74 Å². The van der Waals surface area contributed by atoms with E-state index in [1.165, 1.54) is 12.0 Å². The second-order valence-electron chi connectivity index (χ2n) is 3.16. The van der Waals surface area contributed by atoms with E-state index in [0.717, 1.165) is 6.42 Å². The minimum Gasteiger partial charge on any atom is -0.394 e. The highest BCUT2D eigenvalue weighted by molar-refractivity contribution is 5.05. The maximum absolute atomic E-state index is 8.51. The van der Waals surface area contributed by atoms with E-state index in [-0.39, 0.29) is 6.61 Å². The molecule has 2 nitrogen and oxygen atoms in total. The molecule has 1 fully saturated rings. The fraction of sp³-hybridized carbons (Fsp3) is 0.778. The standard InChI is InChI=1S/C9H16O2/c1-7(2)8-3-4-9(8)11-6-5-10/h8-10H,1,3-6H2,2H3/t8-,9+/m0/s1. The summed E-state index contributed by atoms with van der Waals surface area (Å²) >= 11 is 0. The van der Waals surface area contributed by atoms with Gasteiger partial charge in [-0.1, -0.05) is 12.2 Å². The van der Waals surface area contributed by atoms with Gasteiger partial charge in [0.15, 0.2) is 0 Å². The topological polar surface area (TPSA) is 29.5 Å². The third-order valence-corrected chi connectivity index (χ3v) is 2.27. The molecule has 64 valence electrons. The summed E-state index contributed by atoms with van der Waals surface area (Å²) in [5.41, 5.74) is 1.21. The average Bonchev–Trinajstić information content (AvgIpc) is 1.84. The number of hydrogen-bond acceptors (Lipinski definition) is 2. The Hall–Kier alpha value is -0.340. The molecule has 0 saturated heterocycles. The van der Waals surface area contributed by atoms with Crippen molar-refractivity contribution in [2.75, 3.05) is 13.2 Å². The molecular formula is C9H16O2. The Bertz CT molecular complexity index is 142. The van der Waals surface area contributed by atoms with Crippen molar-refractivity contribution in [3.63, 3.8) is 0 Å². The molecule has 0 amide bonds. The Kier molecular flexibility index (Phi) is 3.09. The Labute approximate surface area is 67.9 Å². The number of aliphatic hydroxyl groups excluding tert-OH is 1. The van der Waals surface area contributed by atoms with Crippen LogP contribution in [0.15, 0.2) is 12.2 Å². The second kappa shape index (κ2) is 3.88. The van der Waals surface area contributed by atoms with Crippen LogP contribution in [0.25, 0.3) is 0 Å². The second-order valence-corrected chi connectivity index (χ2v) is 3.16. The summed E-state index contributed by atoms with van der Waals surface area (Å²) in [5, 5.41) is 8.51. The number of rotatable bonds is 4. The van der Waals surface area contributed by atoms with Crippen molar-refractivity contribution in [2.24, 2.45) is 5.92 Å². The molecule has 0 unspecified atom stereocenters. The Morgan fingerprint density at radius 1 is 1.64 bits per heavy atom. The highest BCUT2D eigenvalue weighted by Crippen LogP contribution is 2.34. The molecule has 1 aliphatic rings. The molecule has 0 aromatic rings. The van der Waals surface area contributed by atoms with Crippen molar-refractivity contribution < 1.29 is 9.84 Å². The van der Waals surface area contributed by atoms with Gasteiger partial charge < -0.3 is 9.84 Å². The van der Waals surface area contributed by atoms with Gasteiger partial charge in [-0.2, -0.15) is 0 Å². The number of hydrogen-bond donors (Lipinski definition) is 1. The van der Waals surface area contributed by atoms with Crippen LogP contribution in [0.3, 0.4) is 0 Å². The monoisotopic (exact) mass is 156 g/mol. The largest absolute Gasteiger partial charge is 0.394 e. The van der Waals surface area contributed by atoms with Gasteiger partial charge >= 0.3 is 0 Å². The summed E-state index contributed by atoms with van der Waals surface area (Å²) in [6, 6.07) is 0. The highest BCUT2D eigenvalue weighted by atomic mass is 16.5. The molecule has 0 aliphatic heterocycles. The van der Waals surface area contributed by atoms with Crippen molar-refractivity contribution >= 4 is 0 Å². The molecule has 0 aromatic heterocycles. The normalized spacial score (nSPS) is 29.6. The van der Waals surface area contributed by atoms with Gasteiger partial charge in [-0.25, -0.2) is 0 Å². The zero-order valence-electron chi connectivity index (χ0n) is 7.05. The molecule has 2 atom stereocenters. The first kappa shape index (κ1) is 8.75. The third kappa shape index (κ3) is 2.04. The van der Waals surface area contributed by atoms with E-state index in [2.05, 4.69) is 6.58 Å². The molecular weight excluding hydrogens is 140 g/mol. The summed E-state index contributed by atoms with van der Waals surface area (Å²) in [4.78, 5) is 0. The van der Waals surface area contributed by atoms with E-state index < -0.39 is 0 Å². The lowest BCUT2D eigenvalue weighted by atomic mass is 9.78. The lowest BCUT2D eigenvalue weighted by Gasteiger charge is -2.36. The van der Waals surface area contributed by atoms with E-state index in [9.17, 15) is 0 Å². The summed E-state index contributed by atoms with van der Waals surface area (Å²) in [6.07, 6.45) is 2.66. The van der Waals surface area contributed by atoms with Crippen molar-refractivity contribution in [1.29, 1.82) is 0 Å². The maximum Gasteiger partial charge on any atom is 0.0701 e. The van der Waals surface area contributed by atoms with Gasteiger partial charge in [0.1, 0.15) is 0 Å². The Morgan fingerprint density at radius 3 is 2.73 bits per heavy atom. The van der Waals surface area contributed by atoms with Crippen LogP contribution in [0, 0.1) is 5.92 Å². The van der Waals surface area contributed by atoms with Crippen molar-refractivity contribution in [2.45, 2.75) is 25.9 Å². The molecule has 1 N–H and O–H groups in total. The molecule has 0 spiro atoms. The van der Waals surface area contributed by atoms with E-state index >= 15 is 0 Å². The van der Waals surface area contributed by atoms with E-state index in [1.54, 1.807) is 0 Å². The lowest BCUT2D eigenvalue weighted by Crippen LogP contribution is -2.35. The predicted octanol–water partition coefficient (Wildman–Crippen LogP) is 1.35. The average molecular weight is 156 g/mol. The first-order valence-corrected chi connectivity index (χ1v) is 4.13. The first-order valence-electron chi connectivity index (χ1n) is 4.13. The minimum absolute atomic E-state index is 0.124. The Balaban J connectivity index is 2.20. The van der Waals surface area contributed by atoms with Crippen LogP contribution in [-0.4, -0.2) is 24.4 Å². The summed E-state index contributed by atoms with van der Waals surface area (Å²) < 4.78 is 5.39. The quantitative estimate of drug-likeness (QED) is 0.622. The van der Waals surface area contributed by atoms with Gasteiger partial charge in [0.05, 0.1) is 19.3 Å². The van der Waals surface area contributed by atoms with Gasteiger partial charge in [-0.15, -0.1) is 0 Å². The lowest BCUT2D eigenvalue weighted by molar-refractivity contribution is -0.0445. The summed E-state index contributed by atoms with van der Waals surface area (Å²) in [5.74, 6) is 0.543. The molecule has 0 aromatic carbocycles. The van der Waals surface area contributed by atoms with Gasteiger partial charge in [-0.05, 0) is 19.8 Å². The van der Waals surface area contributed by atoms with Crippen LogP contribution in [0.4, 0.5) is 0 Å². The van der Waals surface area contributed by atoms with Crippen LogP contribution < -0.4 is 0 Å². The van der Waals surface area contributed by atoms with E-state index in [4.69, 9.17) is 9.84 Å². The summed E-state index contributed by atoms with van der Waals surface area (Å²) in [7, 11) is 0. The molecule has 0 radical (unpaired) electrons. The maximum atomic E-state index is 8.51. The minimum atomic E-state index is 0.124. The molecule has 1 rings (SSSR count). The van der Waals surface area contributed by atoms with Crippen LogP contribution in [0.5, 0.6) is 0 Å². The molecule has 1 saturated carbocycles. The van der Waals surface area contributed by atoms with Crippen LogP contribution in [0.2, 0.25) is 0 Å². The Morgan fingerprint density at radius 2 is 2.36 bits per heavy atom. The smallest absolute Gasteiger partial charge is 0.0701 e. The number of ether oxygens (including phenoxy) is 1. The highest BCUT2D eigenvalue weighted by Gasteiger charge is 2.31. The van der Waals surface area contributed by atoms with Gasteiger partial charge in [0.25, 0.3) is 0 Å². The molecule has 1 aliphatic carbocycles. The van der Waals surface area contributed by atoms with Crippen molar-refractivity contribution in [3.05, 3.63) is 12.2 Å². The van der Waals surface area contributed by atoms with Gasteiger partial charge in [0, 0.05) is 5.92 Å². The number of aliphatic hydroxyl groups is 1. The molecule has 2 heteroatoms. The fourth-order valence-electron chi connectivity index (χ4n) is 1.44. The van der Waals surface area contributed by atoms with E-state index in [1.807, 2.05) is 6.92 Å². The van der Waals surface area contributed by atoms with Gasteiger partial charge in [-0.3, -0.25) is 0 Å². The summed E-state index contributed by atoms with van der Waals surface area (Å²) in [6.45, 7) is 6.52. The molecule has 11 heavy (non-hydrogen) atoms. The van der Waals surface area contributed by atoms with Crippen molar-refractivity contribution in [3.8, 4) is 0 Å². The molecule has 0 bridgehead atoms. The van der Waals surface area contributed by atoms with Crippen molar-refractivity contribution in [1.82, 2.24) is 0 Å².